The van der Waals surface area contributed by atoms with Crippen molar-refractivity contribution in [1.29, 1.82) is 0 Å². The van der Waals surface area contributed by atoms with Crippen LogP contribution >= 0.6 is 11.3 Å². The van der Waals surface area contributed by atoms with Crippen LogP contribution in [0.1, 0.15) is 58.7 Å². The number of piperidine rings is 1. The molecule has 1 atom stereocenters. The number of thiophene rings is 1. The number of carbonyl (C=O) groups excluding carboxylic acids is 1. The third kappa shape index (κ3) is 2.96. The number of hydrogen-bond donors (Lipinski definition) is 0. The van der Waals surface area contributed by atoms with Crippen LogP contribution in [-0.2, 0) is 12.8 Å². The number of likely N-dealkylation sites (tertiary alicyclic amines) is 1. The lowest BCUT2D eigenvalue weighted by Gasteiger charge is -2.31. The van der Waals surface area contributed by atoms with Crippen LogP contribution in [0.4, 0.5) is 0 Å². The highest BCUT2D eigenvalue weighted by atomic mass is 32.1. The summed E-state index contributed by atoms with van der Waals surface area (Å²) in [5.74, 6) is 2.36. The lowest BCUT2D eigenvalue weighted by molar-refractivity contribution is 0.0710. The first-order chi connectivity index (χ1) is 13.2. The Morgan fingerprint density at radius 3 is 2.89 bits per heavy atom. The van der Waals surface area contributed by atoms with E-state index >= 15 is 0 Å². The summed E-state index contributed by atoms with van der Waals surface area (Å²) in [6.07, 6.45) is 7.32. The number of hydrogen-bond acceptors (Lipinski definition) is 4. The lowest BCUT2D eigenvalue weighted by atomic mass is 9.88. The Balaban J connectivity index is 1.30. The molecule has 0 N–H and O–H groups in total. The van der Waals surface area contributed by atoms with Gasteiger partial charge in [0.1, 0.15) is 5.82 Å². The van der Waals surface area contributed by atoms with E-state index in [1.54, 1.807) is 11.3 Å². The highest BCUT2D eigenvalue weighted by molar-refractivity contribution is 7.10. The van der Waals surface area contributed by atoms with E-state index in [4.69, 9.17) is 0 Å². The molecule has 3 aromatic heterocycles. The van der Waals surface area contributed by atoms with Crippen LogP contribution in [-0.4, -0.2) is 38.5 Å². The van der Waals surface area contributed by atoms with Crippen molar-refractivity contribution in [3.05, 3.63) is 51.6 Å². The zero-order chi connectivity index (χ0) is 18.4. The monoisotopic (exact) mass is 380 g/mol. The summed E-state index contributed by atoms with van der Waals surface area (Å²) in [4.78, 5) is 16.6. The van der Waals surface area contributed by atoms with Gasteiger partial charge in [-0.3, -0.25) is 9.20 Å². The fourth-order valence-electron chi connectivity index (χ4n) is 4.51. The van der Waals surface area contributed by atoms with Crippen molar-refractivity contribution in [2.24, 2.45) is 5.92 Å². The smallest absolute Gasteiger partial charge is 0.254 e. The first kappa shape index (κ1) is 16.9. The van der Waals surface area contributed by atoms with Crippen molar-refractivity contribution in [3.8, 4) is 0 Å². The molecule has 0 aromatic carbocycles. The Morgan fingerprint density at radius 2 is 2.04 bits per heavy atom. The Bertz CT molecular complexity index is 983. The van der Waals surface area contributed by atoms with Crippen LogP contribution in [0.5, 0.6) is 0 Å². The van der Waals surface area contributed by atoms with Crippen LogP contribution in [0, 0.1) is 5.92 Å². The minimum atomic E-state index is 0.228. The van der Waals surface area contributed by atoms with Gasteiger partial charge in [0.15, 0.2) is 5.65 Å². The van der Waals surface area contributed by atoms with E-state index in [0.717, 1.165) is 61.7 Å². The zero-order valence-electron chi connectivity index (χ0n) is 15.6. The first-order valence-electron chi connectivity index (χ1n) is 9.89. The van der Waals surface area contributed by atoms with Gasteiger partial charge in [0.05, 0.1) is 5.56 Å². The summed E-state index contributed by atoms with van der Waals surface area (Å²) in [6, 6.07) is 5.98. The van der Waals surface area contributed by atoms with E-state index in [2.05, 4.69) is 26.9 Å². The van der Waals surface area contributed by atoms with E-state index in [1.165, 1.54) is 16.9 Å². The second-order valence-electron chi connectivity index (χ2n) is 7.95. The van der Waals surface area contributed by atoms with Crippen molar-refractivity contribution in [1.82, 2.24) is 19.5 Å². The molecule has 0 saturated carbocycles. The number of pyridine rings is 1. The van der Waals surface area contributed by atoms with Gasteiger partial charge in [0, 0.05) is 35.5 Å². The highest BCUT2D eigenvalue weighted by Gasteiger charge is 2.30. The molecule has 5 rings (SSSR count). The van der Waals surface area contributed by atoms with Gasteiger partial charge in [-0.25, -0.2) is 0 Å². The maximum Gasteiger partial charge on any atom is 0.254 e. The molecular weight excluding hydrogens is 356 g/mol. The van der Waals surface area contributed by atoms with Gasteiger partial charge >= 0.3 is 0 Å². The van der Waals surface area contributed by atoms with Gasteiger partial charge < -0.3 is 4.90 Å². The third-order valence-electron chi connectivity index (χ3n) is 6.12. The quantitative estimate of drug-likeness (QED) is 0.677. The van der Waals surface area contributed by atoms with Crippen LogP contribution in [0.2, 0.25) is 0 Å². The molecule has 0 spiro atoms. The van der Waals surface area contributed by atoms with Crippen molar-refractivity contribution in [2.45, 2.75) is 44.9 Å². The molecule has 4 heterocycles. The van der Waals surface area contributed by atoms with Crippen molar-refractivity contribution < 1.29 is 4.79 Å². The average Bonchev–Trinajstić information content (AvgIpc) is 3.31. The van der Waals surface area contributed by atoms with E-state index in [0.29, 0.717) is 5.92 Å². The van der Waals surface area contributed by atoms with Gasteiger partial charge in [-0.2, -0.15) is 0 Å². The Kier molecular flexibility index (Phi) is 4.23. The minimum Gasteiger partial charge on any atom is -0.339 e. The lowest BCUT2D eigenvalue weighted by Crippen LogP contribution is -2.38. The molecular formula is C21H24N4OS. The molecule has 0 radical (unpaired) electrons. The van der Waals surface area contributed by atoms with E-state index in [-0.39, 0.29) is 5.91 Å². The molecule has 1 aliphatic heterocycles. The topological polar surface area (TPSA) is 50.5 Å². The Hall–Kier alpha value is -2.21. The molecule has 1 fully saturated rings. The van der Waals surface area contributed by atoms with E-state index < -0.39 is 0 Å². The van der Waals surface area contributed by atoms with Crippen molar-refractivity contribution in [2.75, 3.05) is 13.1 Å². The minimum absolute atomic E-state index is 0.228. The molecule has 3 aromatic rings. The van der Waals surface area contributed by atoms with Gasteiger partial charge in [0.25, 0.3) is 5.91 Å². The molecule has 6 heteroatoms. The van der Waals surface area contributed by atoms with Crippen LogP contribution in [0.3, 0.4) is 0 Å². The Morgan fingerprint density at radius 1 is 1.19 bits per heavy atom. The largest absolute Gasteiger partial charge is 0.339 e. The fraction of sp³-hybridized carbons (Fsp3) is 0.476. The predicted octanol–water partition coefficient (Wildman–Crippen LogP) is 3.94. The fourth-order valence-corrected chi connectivity index (χ4v) is 5.74. The molecule has 1 aliphatic carbocycles. The standard InChI is InChI=1S/C21H24N4OS/c1-14-5-6-16-17(13-27-18(16)12-14)21(26)24-10-7-15(8-11-24)20-23-22-19-4-2-3-9-25(19)20/h2-4,9,13-15H,5-8,10-12H2,1H3. The van der Waals surface area contributed by atoms with Crippen LogP contribution in [0.15, 0.2) is 29.8 Å². The van der Waals surface area contributed by atoms with Crippen LogP contribution < -0.4 is 0 Å². The summed E-state index contributed by atoms with van der Waals surface area (Å²) < 4.78 is 2.08. The summed E-state index contributed by atoms with van der Waals surface area (Å²) >= 11 is 1.78. The molecule has 1 unspecified atom stereocenters. The maximum absolute atomic E-state index is 13.1. The SMILES string of the molecule is CC1CCc2c(C(=O)N3CCC(c4nnc5ccccn45)CC3)csc2C1. The van der Waals surface area contributed by atoms with Crippen molar-refractivity contribution >= 4 is 22.9 Å². The molecule has 1 amide bonds. The maximum atomic E-state index is 13.1. The predicted molar refractivity (Wildman–Crippen MR) is 106 cm³/mol. The molecule has 5 nitrogen and oxygen atoms in total. The van der Waals surface area contributed by atoms with E-state index in [1.807, 2.05) is 29.3 Å². The number of amides is 1. The number of fused-ring (bicyclic) bond motifs is 2. The second-order valence-corrected chi connectivity index (χ2v) is 8.92. The molecule has 2 aliphatic rings. The normalized spacial score (nSPS) is 20.8. The van der Waals surface area contributed by atoms with E-state index in [9.17, 15) is 4.79 Å². The number of nitrogens with zero attached hydrogens (tertiary/aromatic N) is 4. The molecule has 1 saturated heterocycles. The summed E-state index contributed by atoms with van der Waals surface area (Å²) in [6.45, 7) is 3.90. The summed E-state index contributed by atoms with van der Waals surface area (Å²) in [5, 5.41) is 10.8. The number of carbonyl (C=O) groups is 1. The summed E-state index contributed by atoms with van der Waals surface area (Å²) in [7, 11) is 0. The molecule has 140 valence electrons. The van der Waals surface area contributed by atoms with Crippen molar-refractivity contribution in [3.63, 3.8) is 0 Å². The Labute approximate surface area is 163 Å². The van der Waals surface area contributed by atoms with Crippen LogP contribution in [0.25, 0.3) is 5.65 Å². The second kappa shape index (κ2) is 6.75. The van der Waals surface area contributed by atoms with Gasteiger partial charge in [-0.15, -0.1) is 21.5 Å². The zero-order valence-corrected chi connectivity index (χ0v) is 16.4. The number of aromatic nitrogens is 3. The van der Waals surface area contributed by atoms with Gasteiger partial charge in [0.2, 0.25) is 0 Å². The summed E-state index contributed by atoms with van der Waals surface area (Å²) in [5.41, 5.74) is 3.19. The van der Waals surface area contributed by atoms with Gasteiger partial charge in [-0.1, -0.05) is 13.0 Å². The number of rotatable bonds is 2. The van der Waals surface area contributed by atoms with Gasteiger partial charge in [-0.05, 0) is 55.7 Å². The average molecular weight is 381 g/mol. The first-order valence-corrected chi connectivity index (χ1v) is 10.8. The molecule has 0 bridgehead atoms. The molecule has 27 heavy (non-hydrogen) atoms. The highest BCUT2D eigenvalue weighted by Crippen LogP contribution is 2.34. The third-order valence-corrected chi connectivity index (χ3v) is 7.17.